The molecular formula is C22H26N2O. The summed E-state index contributed by atoms with van der Waals surface area (Å²) in [7, 11) is 0. The summed E-state index contributed by atoms with van der Waals surface area (Å²) < 4.78 is 5.64. The van der Waals surface area contributed by atoms with Crippen molar-refractivity contribution in [1.82, 2.24) is 0 Å². The summed E-state index contributed by atoms with van der Waals surface area (Å²) in [6.45, 7) is 6.69. The van der Waals surface area contributed by atoms with Crippen molar-refractivity contribution in [1.29, 1.82) is 0 Å². The molecule has 0 bridgehead atoms. The number of nitrogens with one attached hydrogen (secondary N) is 1. The maximum atomic E-state index is 5.64. The second kappa shape index (κ2) is 6.64. The summed E-state index contributed by atoms with van der Waals surface area (Å²) >= 11 is 0. The normalized spacial score (nSPS) is 20.3. The number of para-hydroxylation sites is 1. The second-order valence-electron chi connectivity index (χ2n) is 7.51. The Labute approximate surface area is 150 Å². The number of hydrogen-bond donors (Lipinski definition) is 1. The van der Waals surface area contributed by atoms with Gasteiger partial charge in [0.1, 0.15) is 5.84 Å². The third-order valence-corrected chi connectivity index (χ3v) is 5.45. The van der Waals surface area contributed by atoms with Crippen LogP contribution in [0.4, 0.5) is 5.69 Å². The molecule has 0 saturated carbocycles. The number of amidine groups is 1. The molecule has 1 fully saturated rings. The first kappa shape index (κ1) is 16.3. The average Bonchev–Trinajstić information content (AvgIpc) is 2.60. The Hall–Kier alpha value is -2.13. The third kappa shape index (κ3) is 3.34. The van der Waals surface area contributed by atoms with E-state index in [2.05, 4.69) is 61.6 Å². The highest BCUT2D eigenvalue weighted by Crippen LogP contribution is 2.41. The molecule has 130 valence electrons. The maximum Gasteiger partial charge on any atom is 0.108 e. The van der Waals surface area contributed by atoms with Gasteiger partial charge in [0.05, 0.1) is 6.54 Å². The van der Waals surface area contributed by atoms with Crippen LogP contribution in [0.5, 0.6) is 0 Å². The first-order valence-electron chi connectivity index (χ1n) is 9.19. The van der Waals surface area contributed by atoms with E-state index in [-0.39, 0.29) is 5.41 Å². The van der Waals surface area contributed by atoms with Crippen molar-refractivity contribution < 1.29 is 4.74 Å². The van der Waals surface area contributed by atoms with Gasteiger partial charge in [-0.25, -0.2) is 0 Å². The van der Waals surface area contributed by atoms with Gasteiger partial charge in [-0.15, -0.1) is 0 Å². The van der Waals surface area contributed by atoms with Gasteiger partial charge in [-0.1, -0.05) is 47.5 Å². The van der Waals surface area contributed by atoms with E-state index >= 15 is 0 Å². The van der Waals surface area contributed by atoms with Crippen LogP contribution in [0.3, 0.4) is 0 Å². The number of nitrogens with zero attached hydrogens (tertiary/aromatic N) is 1. The smallest absolute Gasteiger partial charge is 0.108 e. The Balaban J connectivity index is 1.67. The Bertz CT molecular complexity index is 783. The van der Waals surface area contributed by atoms with E-state index in [1.807, 2.05) is 0 Å². The molecule has 2 aromatic rings. The van der Waals surface area contributed by atoms with Gasteiger partial charge in [0.2, 0.25) is 0 Å². The van der Waals surface area contributed by atoms with Gasteiger partial charge in [0, 0.05) is 24.3 Å². The molecule has 1 saturated heterocycles. The SMILES string of the molecule is Cc1cc(C)cc(CN=C2Nc3ccccc3CC23CCOCC3)c1. The fourth-order valence-electron chi connectivity index (χ4n) is 4.22. The molecule has 1 spiro atoms. The quantitative estimate of drug-likeness (QED) is 0.866. The van der Waals surface area contributed by atoms with E-state index in [4.69, 9.17) is 9.73 Å². The lowest BCUT2D eigenvalue weighted by atomic mass is 9.71. The first-order chi connectivity index (χ1) is 12.1. The zero-order chi connectivity index (χ0) is 17.3. The molecule has 25 heavy (non-hydrogen) atoms. The van der Waals surface area contributed by atoms with Gasteiger partial charge in [0.15, 0.2) is 0 Å². The highest BCUT2D eigenvalue weighted by molar-refractivity contribution is 6.02. The predicted molar refractivity (Wildman–Crippen MR) is 103 cm³/mol. The van der Waals surface area contributed by atoms with Crippen LogP contribution in [0.25, 0.3) is 0 Å². The Morgan fingerprint density at radius 3 is 2.52 bits per heavy atom. The average molecular weight is 334 g/mol. The van der Waals surface area contributed by atoms with Crippen molar-refractivity contribution in [2.75, 3.05) is 18.5 Å². The van der Waals surface area contributed by atoms with Crippen molar-refractivity contribution in [3.05, 3.63) is 64.7 Å². The number of aryl methyl sites for hydroxylation is 2. The molecule has 2 aliphatic rings. The number of anilines is 1. The van der Waals surface area contributed by atoms with Crippen LogP contribution < -0.4 is 5.32 Å². The monoisotopic (exact) mass is 334 g/mol. The number of fused-ring (bicyclic) bond motifs is 1. The maximum absolute atomic E-state index is 5.64. The predicted octanol–water partition coefficient (Wildman–Crippen LogP) is 4.67. The molecule has 2 heterocycles. The van der Waals surface area contributed by atoms with Crippen LogP contribution in [0.15, 0.2) is 47.5 Å². The molecule has 0 unspecified atom stereocenters. The minimum atomic E-state index is 0.103. The van der Waals surface area contributed by atoms with Crippen molar-refractivity contribution in [2.24, 2.45) is 10.4 Å². The van der Waals surface area contributed by atoms with E-state index in [9.17, 15) is 0 Å². The summed E-state index contributed by atoms with van der Waals surface area (Å²) in [5.41, 5.74) is 6.60. The van der Waals surface area contributed by atoms with E-state index in [0.717, 1.165) is 44.9 Å². The Morgan fingerprint density at radius 2 is 1.76 bits per heavy atom. The number of benzene rings is 2. The van der Waals surface area contributed by atoms with Gasteiger partial charge < -0.3 is 10.1 Å². The zero-order valence-electron chi connectivity index (χ0n) is 15.1. The minimum Gasteiger partial charge on any atom is -0.381 e. The van der Waals surface area contributed by atoms with Gasteiger partial charge in [-0.3, -0.25) is 4.99 Å². The van der Waals surface area contributed by atoms with E-state index < -0.39 is 0 Å². The van der Waals surface area contributed by atoms with E-state index in [1.54, 1.807) is 0 Å². The van der Waals surface area contributed by atoms with Crippen LogP contribution in [0.2, 0.25) is 0 Å². The fraction of sp³-hybridized carbons (Fsp3) is 0.409. The second-order valence-corrected chi connectivity index (χ2v) is 7.51. The van der Waals surface area contributed by atoms with E-state index in [1.165, 1.54) is 27.9 Å². The van der Waals surface area contributed by atoms with Crippen LogP contribution in [-0.2, 0) is 17.7 Å². The van der Waals surface area contributed by atoms with Gasteiger partial charge in [-0.05, 0) is 50.3 Å². The van der Waals surface area contributed by atoms with Gasteiger partial charge >= 0.3 is 0 Å². The van der Waals surface area contributed by atoms with Crippen LogP contribution in [0.1, 0.15) is 35.1 Å². The van der Waals surface area contributed by atoms with E-state index in [0.29, 0.717) is 0 Å². The highest BCUT2D eigenvalue weighted by atomic mass is 16.5. The molecule has 0 radical (unpaired) electrons. The minimum absolute atomic E-state index is 0.103. The third-order valence-electron chi connectivity index (χ3n) is 5.45. The van der Waals surface area contributed by atoms with Crippen LogP contribution in [0, 0.1) is 19.3 Å². The summed E-state index contributed by atoms with van der Waals surface area (Å²) in [4.78, 5) is 5.06. The van der Waals surface area contributed by atoms with Crippen molar-refractivity contribution in [3.63, 3.8) is 0 Å². The summed E-state index contributed by atoms with van der Waals surface area (Å²) in [6.07, 6.45) is 3.14. The highest BCUT2D eigenvalue weighted by Gasteiger charge is 2.41. The fourth-order valence-corrected chi connectivity index (χ4v) is 4.22. The summed E-state index contributed by atoms with van der Waals surface area (Å²) in [5, 5.41) is 3.65. The molecule has 3 heteroatoms. The summed E-state index contributed by atoms with van der Waals surface area (Å²) in [5.74, 6) is 1.15. The topological polar surface area (TPSA) is 33.6 Å². The van der Waals surface area contributed by atoms with Crippen LogP contribution >= 0.6 is 0 Å². The standard InChI is InChI=1S/C22H26N2O/c1-16-11-17(2)13-18(12-16)15-23-21-22(7-9-25-10-8-22)14-19-5-3-4-6-20(19)24-21/h3-6,11-13H,7-10,14-15H2,1-2H3,(H,23,24). The lowest BCUT2D eigenvalue weighted by Gasteiger charge is -2.42. The number of hydrogen-bond acceptors (Lipinski definition) is 2. The van der Waals surface area contributed by atoms with Crippen molar-refractivity contribution in [3.8, 4) is 0 Å². The van der Waals surface area contributed by atoms with Gasteiger partial charge in [0.25, 0.3) is 0 Å². The van der Waals surface area contributed by atoms with Gasteiger partial charge in [-0.2, -0.15) is 0 Å². The molecule has 2 aliphatic heterocycles. The molecule has 0 aromatic heterocycles. The Kier molecular flexibility index (Phi) is 4.34. The van der Waals surface area contributed by atoms with Crippen molar-refractivity contribution >= 4 is 11.5 Å². The first-order valence-corrected chi connectivity index (χ1v) is 9.19. The van der Waals surface area contributed by atoms with Crippen molar-refractivity contribution in [2.45, 2.75) is 39.7 Å². The summed E-state index contributed by atoms with van der Waals surface area (Å²) in [6, 6.07) is 15.3. The number of rotatable bonds is 2. The lowest BCUT2D eigenvalue weighted by Crippen LogP contribution is -2.45. The van der Waals surface area contributed by atoms with Crippen LogP contribution in [-0.4, -0.2) is 19.0 Å². The Morgan fingerprint density at radius 1 is 1.04 bits per heavy atom. The molecule has 0 amide bonds. The zero-order valence-corrected chi connectivity index (χ0v) is 15.1. The molecule has 2 aromatic carbocycles. The number of ether oxygens (including phenoxy) is 1. The lowest BCUT2D eigenvalue weighted by molar-refractivity contribution is 0.0448. The molecular weight excluding hydrogens is 308 g/mol. The molecule has 0 atom stereocenters. The molecule has 0 aliphatic carbocycles. The largest absolute Gasteiger partial charge is 0.381 e. The molecule has 1 N–H and O–H groups in total. The molecule has 4 rings (SSSR count). The molecule has 3 nitrogen and oxygen atoms in total. The number of aliphatic imine (C=N–C) groups is 1.